The summed E-state index contributed by atoms with van der Waals surface area (Å²) in [5.41, 5.74) is 0. The van der Waals surface area contributed by atoms with Crippen molar-refractivity contribution in [2.24, 2.45) is 0 Å². The van der Waals surface area contributed by atoms with Crippen LogP contribution in [0.2, 0.25) is 0 Å². The van der Waals surface area contributed by atoms with E-state index in [1.807, 2.05) is 0 Å². The molecule has 0 saturated heterocycles. The number of carbonyl (C=O) groups is 3. The van der Waals surface area contributed by atoms with E-state index < -0.39 is 6.10 Å². The summed E-state index contributed by atoms with van der Waals surface area (Å²) in [7, 11) is 0. The van der Waals surface area contributed by atoms with Crippen molar-refractivity contribution in [1.82, 2.24) is 0 Å². The first-order chi connectivity index (χ1) is 37.5. The van der Waals surface area contributed by atoms with Crippen molar-refractivity contribution in [3.8, 4) is 0 Å². The maximum Gasteiger partial charge on any atom is 0.306 e. The average Bonchev–Trinajstić information content (AvgIpc) is 3.42. The zero-order chi connectivity index (χ0) is 55.0. The van der Waals surface area contributed by atoms with Crippen molar-refractivity contribution in [3.05, 3.63) is 36.5 Å². The summed E-state index contributed by atoms with van der Waals surface area (Å²) < 4.78 is 17.0. The Hall–Kier alpha value is -2.37. The SMILES string of the molecule is CCCCCCC/C=C\C/C=C\CCCCCCCCCCCCCCCCCC(=O)OCC(COC(=O)CCCCCCCCCCCCCCC)OC(=O)CCCCCCCCC/C=C\CCCCCCCCC. The van der Waals surface area contributed by atoms with Gasteiger partial charge in [0.05, 0.1) is 0 Å². The summed E-state index contributed by atoms with van der Waals surface area (Å²) in [5.74, 6) is -0.847. The van der Waals surface area contributed by atoms with Gasteiger partial charge in [-0.1, -0.05) is 314 Å². The fourth-order valence-electron chi connectivity index (χ4n) is 10.2. The topological polar surface area (TPSA) is 78.9 Å². The number of rotatable bonds is 63. The Kier molecular flexibility index (Phi) is 63.1. The van der Waals surface area contributed by atoms with Crippen molar-refractivity contribution < 1.29 is 28.6 Å². The summed E-state index contributed by atoms with van der Waals surface area (Å²) in [6.07, 6.45) is 80.2. The van der Waals surface area contributed by atoms with Crippen LogP contribution < -0.4 is 0 Å². The Labute approximate surface area is 474 Å². The molecule has 6 heteroatoms. The molecule has 1 unspecified atom stereocenters. The number of esters is 3. The lowest BCUT2D eigenvalue weighted by atomic mass is 10.0. The minimum atomic E-state index is -0.772. The molecule has 0 radical (unpaired) electrons. The van der Waals surface area contributed by atoms with Gasteiger partial charge in [0.2, 0.25) is 0 Å². The van der Waals surface area contributed by atoms with Crippen LogP contribution in [-0.2, 0) is 28.6 Å². The maximum atomic E-state index is 12.9. The summed E-state index contributed by atoms with van der Waals surface area (Å²) in [5, 5.41) is 0. The van der Waals surface area contributed by atoms with E-state index in [9.17, 15) is 14.4 Å². The molecule has 0 aliphatic carbocycles. The zero-order valence-electron chi connectivity index (χ0n) is 51.3. The zero-order valence-corrected chi connectivity index (χ0v) is 51.3. The first-order valence-electron chi connectivity index (χ1n) is 34.0. The van der Waals surface area contributed by atoms with Crippen LogP contribution in [0.4, 0.5) is 0 Å². The molecule has 0 aromatic carbocycles. The molecule has 6 nitrogen and oxygen atoms in total. The molecule has 0 aromatic rings. The summed E-state index contributed by atoms with van der Waals surface area (Å²) in [4.78, 5) is 38.3. The molecule has 0 amide bonds. The molecule has 0 saturated carbocycles. The van der Waals surface area contributed by atoms with Crippen molar-refractivity contribution in [1.29, 1.82) is 0 Å². The largest absolute Gasteiger partial charge is 0.462 e. The molecule has 0 bridgehead atoms. The van der Waals surface area contributed by atoms with Crippen LogP contribution in [0.5, 0.6) is 0 Å². The van der Waals surface area contributed by atoms with Crippen molar-refractivity contribution >= 4 is 17.9 Å². The minimum Gasteiger partial charge on any atom is -0.462 e. The summed E-state index contributed by atoms with van der Waals surface area (Å²) >= 11 is 0. The second-order valence-electron chi connectivity index (χ2n) is 23.1. The van der Waals surface area contributed by atoms with Gasteiger partial charge in [0, 0.05) is 19.3 Å². The van der Waals surface area contributed by atoms with Gasteiger partial charge in [-0.2, -0.15) is 0 Å². The second kappa shape index (κ2) is 65.2. The van der Waals surface area contributed by atoms with Crippen LogP contribution in [0.15, 0.2) is 36.5 Å². The molecule has 0 aliphatic rings. The van der Waals surface area contributed by atoms with E-state index in [0.717, 1.165) is 64.2 Å². The molecule has 0 rings (SSSR count). The van der Waals surface area contributed by atoms with Gasteiger partial charge in [0.1, 0.15) is 13.2 Å². The van der Waals surface area contributed by atoms with Crippen LogP contribution in [0.25, 0.3) is 0 Å². The molecule has 0 fully saturated rings. The fourth-order valence-corrected chi connectivity index (χ4v) is 10.2. The van der Waals surface area contributed by atoms with Gasteiger partial charge in [0.25, 0.3) is 0 Å². The lowest BCUT2D eigenvalue weighted by Gasteiger charge is -2.18. The predicted molar refractivity (Wildman–Crippen MR) is 330 cm³/mol. The molecule has 0 aromatic heterocycles. The Morgan fingerprint density at radius 1 is 0.263 bits per heavy atom. The molecule has 1 atom stereocenters. The van der Waals surface area contributed by atoms with E-state index in [4.69, 9.17) is 14.2 Å². The first kappa shape index (κ1) is 73.6. The second-order valence-corrected chi connectivity index (χ2v) is 23.1. The van der Waals surface area contributed by atoms with Crippen LogP contribution >= 0.6 is 0 Å². The van der Waals surface area contributed by atoms with E-state index in [-0.39, 0.29) is 31.1 Å². The van der Waals surface area contributed by atoms with Crippen LogP contribution in [0.3, 0.4) is 0 Å². The van der Waals surface area contributed by atoms with E-state index in [1.165, 1.54) is 270 Å². The van der Waals surface area contributed by atoms with Gasteiger partial charge in [-0.05, 0) is 77.0 Å². The Bertz CT molecular complexity index is 1270. The maximum absolute atomic E-state index is 12.9. The highest BCUT2D eigenvalue weighted by molar-refractivity contribution is 5.71. The third kappa shape index (κ3) is 62.5. The molecule has 0 N–H and O–H groups in total. The molecule has 0 aliphatic heterocycles. The molecular weight excluding hydrogens is 937 g/mol. The Morgan fingerprint density at radius 2 is 0.474 bits per heavy atom. The van der Waals surface area contributed by atoms with Gasteiger partial charge < -0.3 is 14.2 Å². The van der Waals surface area contributed by atoms with Crippen molar-refractivity contribution in [2.75, 3.05) is 13.2 Å². The highest BCUT2D eigenvalue weighted by Crippen LogP contribution is 2.18. The first-order valence-corrected chi connectivity index (χ1v) is 34.0. The number of allylic oxidation sites excluding steroid dienone is 6. The molecule has 446 valence electrons. The minimum absolute atomic E-state index is 0.0685. The molecular formula is C70H130O6. The Morgan fingerprint density at radius 3 is 0.737 bits per heavy atom. The van der Waals surface area contributed by atoms with Gasteiger partial charge >= 0.3 is 17.9 Å². The summed E-state index contributed by atoms with van der Waals surface area (Å²) in [6, 6.07) is 0. The van der Waals surface area contributed by atoms with Crippen LogP contribution in [-0.4, -0.2) is 37.2 Å². The quantitative estimate of drug-likeness (QED) is 0.0261. The smallest absolute Gasteiger partial charge is 0.306 e. The normalized spacial score (nSPS) is 12.2. The van der Waals surface area contributed by atoms with Gasteiger partial charge in [-0.3, -0.25) is 14.4 Å². The highest BCUT2D eigenvalue weighted by Gasteiger charge is 2.19. The van der Waals surface area contributed by atoms with E-state index >= 15 is 0 Å². The third-order valence-corrected chi connectivity index (χ3v) is 15.4. The molecule has 76 heavy (non-hydrogen) atoms. The van der Waals surface area contributed by atoms with E-state index in [0.29, 0.717) is 19.3 Å². The lowest BCUT2D eigenvalue weighted by Crippen LogP contribution is -2.30. The number of carbonyl (C=O) groups excluding carboxylic acids is 3. The monoisotopic (exact) mass is 1070 g/mol. The average molecular weight is 1070 g/mol. The molecule has 0 heterocycles. The molecule has 0 spiro atoms. The van der Waals surface area contributed by atoms with E-state index in [1.54, 1.807) is 0 Å². The highest BCUT2D eigenvalue weighted by atomic mass is 16.6. The fraction of sp³-hybridized carbons (Fsp3) is 0.871. The number of hydrogen-bond donors (Lipinski definition) is 0. The van der Waals surface area contributed by atoms with E-state index in [2.05, 4.69) is 57.2 Å². The van der Waals surface area contributed by atoms with Gasteiger partial charge in [0.15, 0.2) is 6.10 Å². The number of hydrogen-bond acceptors (Lipinski definition) is 6. The van der Waals surface area contributed by atoms with Crippen LogP contribution in [0, 0.1) is 0 Å². The van der Waals surface area contributed by atoms with Crippen molar-refractivity contribution in [2.45, 2.75) is 380 Å². The Balaban J connectivity index is 4.22. The summed E-state index contributed by atoms with van der Waals surface area (Å²) in [6.45, 7) is 6.69. The van der Waals surface area contributed by atoms with Gasteiger partial charge in [-0.25, -0.2) is 0 Å². The van der Waals surface area contributed by atoms with Crippen molar-refractivity contribution in [3.63, 3.8) is 0 Å². The lowest BCUT2D eigenvalue weighted by molar-refractivity contribution is -0.167. The third-order valence-electron chi connectivity index (χ3n) is 15.4. The predicted octanol–water partition coefficient (Wildman–Crippen LogP) is 23.2. The van der Waals surface area contributed by atoms with Gasteiger partial charge in [-0.15, -0.1) is 0 Å². The number of ether oxygens (including phenoxy) is 3. The van der Waals surface area contributed by atoms with Crippen LogP contribution in [0.1, 0.15) is 374 Å². The standard InChI is InChI=1S/C70H130O6/c1-4-7-10-13-16-19-22-25-27-29-31-32-33-34-35-36-37-38-39-41-42-45-48-51-54-57-60-63-69(72)75-66-67(65-74-68(71)62-59-56-53-50-47-44-24-21-18-15-12-9-6-3)76-70(73)64-61-58-55-52-49-46-43-40-30-28-26-23-20-17-14-11-8-5-2/h22,25,28-31,67H,4-21,23-24,26-27,32-66H2,1-3H3/b25-22-,30-28-,31-29-. The number of unbranched alkanes of at least 4 members (excludes halogenated alkanes) is 46.